The Kier molecular flexibility index (Phi) is 18.2. The second-order valence-corrected chi connectivity index (χ2v) is 11.5. The van der Waals surface area contributed by atoms with Crippen LogP contribution in [0.5, 0.6) is 0 Å². The number of carbonyl (C=O) groups is 3. The molecule has 0 aliphatic carbocycles. The van der Waals surface area contributed by atoms with E-state index < -0.39 is 34.4 Å². The van der Waals surface area contributed by atoms with E-state index in [1.54, 1.807) is 0 Å². The first-order valence-electron chi connectivity index (χ1n) is 14.6. The van der Waals surface area contributed by atoms with Gasteiger partial charge in [0.2, 0.25) is 0 Å². The molecular weight excluding hydrogens is 586 g/mol. The van der Waals surface area contributed by atoms with Gasteiger partial charge >= 0.3 is 17.9 Å². The average Bonchev–Trinajstić information content (AvgIpc) is 3.06. The summed E-state index contributed by atoms with van der Waals surface area (Å²) in [7, 11) is 0. The smallest absolute Gasteiger partial charge is 0.303 e. The Balaban J connectivity index is 0.000000713. The molecule has 4 atom stereocenters. The number of carboxylic acid groups (broad SMARTS) is 3. The van der Waals surface area contributed by atoms with Crippen molar-refractivity contribution in [3.63, 3.8) is 0 Å². The molecule has 0 amide bonds. The lowest BCUT2D eigenvalue weighted by atomic mass is 9.77. The third kappa shape index (κ3) is 17.7. The molecular formula is C35H43N5O6. The zero-order valence-corrected chi connectivity index (χ0v) is 26.9. The summed E-state index contributed by atoms with van der Waals surface area (Å²) in [5.41, 5.74) is -0.908. The van der Waals surface area contributed by atoms with Crippen LogP contribution in [0.2, 0.25) is 0 Å². The zero-order valence-electron chi connectivity index (χ0n) is 26.9. The molecule has 0 radical (unpaired) electrons. The van der Waals surface area contributed by atoms with Crippen molar-refractivity contribution in [2.24, 2.45) is 15.6 Å². The first-order chi connectivity index (χ1) is 21.6. The summed E-state index contributed by atoms with van der Waals surface area (Å²) in [4.78, 5) is 31.6. The number of carboxylic acids is 3. The first-order valence-corrected chi connectivity index (χ1v) is 14.6. The molecule has 0 saturated carbocycles. The van der Waals surface area contributed by atoms with Crippen LogP contribution in [0.15, 0.2) is 77.5 Å². The van der Waals surface area contributed by atoms with E-state index in [2.05, 4.69) is 29.8 Å². The second-order valence-electron chi connectivity index (χ2n) is 11.5. The van der Waals surface area contributed by atoms with Crippen LogP contribution in [0.3, 0.4) is 0 Å². The molecule has 244 valence electrons. The van der Waals surface area contributed by atoms with Crippen molar-refractivity contribution in [2.75, 3.05) is 0 Å². The molecule has 11 heteroatoms. The number of hydrogen-bond acceptors (Lipinski definition) is 8. The minimum atomic E-state index is -1.35. The highest BCUT2D eigenvalue weighted by Gasteiger charge is 2.30. The lowest BCUT2D eigenvalue weighted by Crippen LogP contribution is -2.25. The Morgan fingerprint density at radius 1 is 0.739 bits per heavy atom. The van der Waals surface area contributed by atoms with Gasteiger partial charge in [0.15, 0.2) is 11.1 Å². The fourth-order valence-electron chi connectivity index (χ4n) is 3.93. The van der Waals surface area contributed by atoms with E-state index in [-0.39, 0.29) is 38.0 Å². The number of aliphatic carboxylic acids is 3. The molecule has 0 aromatic heterocycles. The Bertz CT molecular complexity index is 1380. The predicted molar refractivity (Wildman–Crippen MR) is 173 cm³/mol. The molecule has 0 fully saturated rings. The molecule has 2 aromatic carbocycles. The predicted octanol–water partition coefficient (Wildman–Crippen LogP) is 7.64. The van der Waals surface area contributed by atoms with Gasteiger partial charge in [0.05, 0.1) is 23.6 Å². The molecule has 0 aliphatic heterocycles. The third-order valence-corrected chi connectivity index (χ3v) is 6.95. The molecule has 0 spiro atoms. The van der Waals surface area contributed by atoms with Gasteiger partial charge in [0, 0.05) is 19.3 Å². The van der Waals surface area contributed by atoms with E-state index in [1.165, 1.54) is 25.0 Å². The van der Waals surface area contributed by atoms with Crippen molar-refractivity contribution in [1.82, 2.24) is 0 Å². The Hall–Kier alpha value is -5.34. The maximum absolute atomic E-state index is 10.6. The largest absolute Gasteiger partial charge is 0.481 e. The summed E-state index contributed by atoms with van der Waals surface area (Å²) in [5, 5.41) is 60.7. The van der Waals surface area contributed by atoms with Gasteiger partial charge in [0.1, 0.15) is 0 Å². The van der Waals surface area contributed by atoms with Crippen LogP contribution >= 0.6 is 0 Å². The molecule has 3 N–H and O–H groups in total. The standard InChI is InChI=1S/C15H19NO2.C12H16N4O4.C8H8/c1-12(13-6-4-3-5-7-13)10-15(2,11-16)9-8-14(17)18;1-11(7-13,5-3-9(17)18)15-16-12(2,8-14)6-4-10(19)20;1-2-8-6-4-3-5-7-8/h3-7,12H,8-10H2,1-2H3,(H,17,18);3-6H2,1-2H3,(H,17,18)(H,19,20);2-7H,1H2. The average molecular weight is 630 g/mol. The van der Waals surface area contributed by atoms with Crippen molar-refractivity contribution >= 4 is 24.0 Å². The van der Waals surface area contributed by atoms with Crippen molar-refractivity contribution < 1.29 is 29.7 Å². The summed E-state index contributed by atoms with van der Waals surface area (Å²) in [5.74, 6) is -2.71. The second kappa shape index (κ2) is 20.6. The minimum Gasteiger partial charge on any atom is -0.481 e. The highest BCUT2D eigenvalue weighted by atomic mass is 16.4. The molecule has 2 rings (SSSR count). The number of azo groups is 1. The van der Waals surface area contributed by atoms with Gasteiger partial charge in [-0.2, -0.15) is 26.0 Å². The topological polar surface area (TPSA) is 208 Å². The van der Waals surface area contributed by atoms with E-state index in [0.29, 0.717) is 12.8 Å². The number of nitrogens with zero attached hydrogens (tertiary/aromatic N) is 5. The van der Waals surface area contributed by atoms with Crippen LogP contribution < -0.4 is 0 Å². The molecule has 11 nitrogen and oxygen atoms in total. The van der Waals surface area contributed by atoms with E-state index in [0.717, 1.165) is 0 Å². The molecule has 4 unspecified atom stereocenters. The maximum Gasteiger partial charge on any atom is 0.303 e. The SMILES string of the molecule is C=Cc1ccccc1.CC(C#N)(CCC(=O)O)N=NC(C)(C#N)CCC(=O)O.CC(CC(C)(C#N)CCC(=O)O)c1ccccc1. The summed E-state index contributed by atoms with van der Waals surface area (Å²) in [6.07, 6.45) is 2.39. The van der Waals surface area contributed by atoms with Gasteiger partial charge in [0.25, 0.3) is 0 Å². The first kappa shape index (κ1) is 40.7. The van der Waals surface area contributed by atoms with Gasteiger partial charge in [-0.1, -0.05) is 80.2 Å². The summed E-state index contributed by atoms with van der Waals surface area (Å²) < 4.78 is 0. The monoisotopic (exact) mass is 629 g/mol. The van der Waals surface area contributed by atoms with Gasteiger partial charge in [-0.05, 0) is 63.5 Å². The fraction of sp³-hybridized carbons (Fsp3) is 0.429. The van der Waals surface area contributed by atoms with Gasteiger partial charge in [-0.15, -0.1) is 0 Å². The highest BCUT2D eigenvalue weighted by Crippen LogP contribution is 2.35. The number of benzene rings is 2. The maximum atomic E-state index is 10.6. The van der Waals surface area contributed by atoms with Crippen LogP contribution in [0, 0.1) is 39.4 Å². The molecule has 46 heavy (non-hydrogen) atoms. The van der Waals surface area contributed by atoms with Crippen molar-refractivity contribution in [3.8, 4) is 18.2 Å². The quantitative estimate of drug-likeness (QED) is 0.165. The van der Waals surface area contributed by atoms with Crippen molar-refractivity contribution in [3.05, 3.63) is 78.4 Å². The molecule has 0 heterocycles. The zero-order chi connectivity index (χ0) is 35.2. The normalized spacial score (nSPS) is 14.7. The highest BCUT2D eigenvalue weighted by molar-refractivity contribution is 5.67. The third-order valence-electron chi connectivity index (χ3n) is 6.95. The van der Waals surface area contributed by atoms with E-state index in [9.17, 15) is 19.6 Å². The number of hydrogen-bond donors (Lipinski definition) is 3. The van der Waals surface area contributed by atoms with E-state index in [4.69, 9.17) is 25.8 Å². The lowest BCUT2D eigenvalue weighted by molar-refractivity contribution is -0.138. The van der Waals surface area contributed by atoms with Crippen molar-refractivity contribution in [2.45, 2.75) is 89.6 Å². The van der Waals surface area contributed by atoms with Crippen LogP contribution in [0.1, 0.15) is 89.7 Å². The fourth-order valence-corrected chi connectivity index (χ4v) is 3.93. The molecule has 0 aliphatic rings. The number of rotatable bonds is 15. The van der Waals surface area contributed by atoms with Gasteiger partial charge in [-0.25, -0.2) is 0 Å². The molecule has 2 aromatic rings. The summed E-state index contributed by atoms with van der Waals surface area (Å²) in [6, 6.07) is 26.0. The van der Waals surface area contributed by atoms with Crippen LogP contribution in [-0.2, 0) is 14.4 Å². The Labute approximate surface area is 271 Å². The van der Waals surface area contributed by atoms with Gasteiger partial charge < -0.3 is 15.3 Å². The van der Waals surface area contributed by atoms with Crippen LogP contribution in [0.25, 0.3) is 6.08 Å². The summed E-state index contributed by atoms with van der Waals surface area (Å²) >= 11 is 0. The Morgan fingerprint density at radius 3 is 1.46 bits per heavy atom. The van der Waals surface area contributed by atoms with E-state index >= 15 is 0 Å². The lowest BCUT2D eigenvalue weighted by Gasteiger charge is -2.25. The van der Waals surface area contributed by atoms with Crippen molar-refractivity contribution in [1.29, 1.82) is 15.8 Å². The minimum absolute atomic E-state index is 0.0389. The van der Waals surface area contributed by atoms with E-state index in [1.807, 2.05) is 85.8 Å². The molecule has 0 bridgehead atoms. The Morgan fingerprint density at radius 2 is 1.13 bits per heavy atom. The summed E-state index contributed by atoms with van der Waals surface area (Å²) in [6.45, 7) is 10.4. The van der Waals surface area contributed by atoms with Crippen LogP contribution in [0.4, 0.5) is 0 Å². The molecule has 0 saturated heterocycles. The number of nitriles is 3. The van der Waals surface area contributed by atoms with Crippen LogP contribution in [-0.4, -0.2) is 44.3 Å². The van der Waals surface area contributed by atoms with Gasteiger partial charge in [-0.3, -0.25) is 14.4 Å².